The van der Waals surface area contributed by atoms with Gasteiger partial charge >= 0.3 is 0 Å². The molecule has 1 aliphatic rings. The summed E-state index contributed by atoms with van der Waals surface area (Å²) in [5, 5.41) is 32.9. The summed E-state index contributed by atoms with van der Waals surface area (Å²) in [5.41, 5.74) is 4.44. The Hall–Kier alpha value is -4.04. The molecule has 5 rings (SSSR count). The molecule has 11 heteroatoms. The third-order valence-electron chi connectivity index (χ3n) is 6.40. The number of aliphatic hydroxyl groups excluding tert-OH is 1. The van der Waals surface area contributed by atoms with E-state index in [4.69, 9.17) is 10.00 Å². The van der Waals surface area contributed by atoms with Crippen molar-refractivity contribution >= 4 is 5.52 Å². The zero-order valence-electron chi connectivity index (χ0n) is 19.5. The number of hydrogen-bond donors (Lipinski definition) is 1. The van der Waals surface area contributed by atoms with Crippen molar-refractivity contribution in [1.29, 1.82) is 5.26 Å². The Morgan fingerprint density at radius 3 is 2.77 bits per heavy atom. The topological polar surface area (TPSA) is 117 Å². The summed E-state index contributed by atoms with van der Waals surface area (Å²) in [6, 6.07) is 4.74. The van der Waals surface area contributed by atoms with E-state index in [0.29, 0.717) is 30.2 Å². The number of aryl methyl sites for hydroxylation is 1. The molecular formula is C24H25FN8O2. The van der Waals surface area contributed by atoms with Crippen LogP contribution in [0.5, 0.6) is 5.75 Å². The van der Waals surface area contributed by atoms with Crippen molar-refractivity contribution in [3.05, 3.63) is 59.6 Å². The molecule has 0 radical (unpaired) electrons. The first-order valence-corrected chi connectivity index (χ1v) is 11.4. The fourth-order valence-electron chi connectivity index (χ4n) is 4.47. The summed E-state index contributed by atoms with van der Waals surface area (Å²) in [6.45, 7) is 5.26. The number of nitrogens with zero attached hydrogens (tertiary/aromatic N) is 8. The summed E-state index contributed by atoms with van der Waals surface area (Å²) in [4.78, 5) is 5.69. The summed E-state index contributed by atoms with van der Waals surface area (Å²) < 4.78 is 22.8. The quantitative estimate of drug-likeness (QED) is 0.422. The van der Waals surface area contributed by atoms with Crippen molar-refractivity contribution in [2.75, 3.05) is 19.7 Å². The molecule has 35 heavy (non-hydrogen) atoms. The van der Waals surface area contributed by atoms with E-state index in [-0.39, 0.29) is 12.6 Å². The van der Waals surface area contributed by atoms with Crippen LogP contribution >= 0.6 is 0 Å². The van der Waals surface area contributed by atoms with Gasteiger partial charge in [-0.1, -0.05) is 5.21 Å². The average molecular weight is 477 g/mol. The molecule has 0 unspecified atom stereocenters. The summed E-state index contributed by atoms with van der Waals surface area (Å²) in [5.74, 6) is 0.0696. The molecule has 0 spiro atoms. The zero-order valence-corrected chi connectivity index (χ0v) is 19.5. The summed E-state index contributed by atoms with van der Waals surface area (Å²) >= 11 is 0. The number of fused-ring (bicyclic) bond motifs is 1. The maximum absolute atomic E-state index is 13.2. The number of pyridine rings is 2. The predicted molar refractivity (Wildman–Crippen MR) is 124 cm³/mol. The minimum atomic E-state index is -1.02. The van der Waals surface area contributed by atoms with Crippen LogP contribution in [0.15, 0.2) is 36.8 Å². The fourth-order valence-corrected chi connectivity index (χ4v) is 4.47. The number of piperidine rings is 1. The number of rotatable bonds is 6. The Bertz CT molecular complexity index is 1380. The lowest BCUT2D eigenvalue weighted by Gasteiger charge is -2.28. The third kappa shape index (κ3) is 4.40. The van der Waals surface area contributed by atoms with Gasteiger partial charge in [-0.25, -0.2) is 13.6 Å². The van der Waals surface area contributed by atoms with Crippen LogP contribution in [0, 0.1) is 31.1 Å². The second-order valence-electron chi connectivity index (χ2n) is 8.73. The minimum Gasteiger partial charge on any atom is -0.488 e. The van der Waals surface area contributed by atoms with Crippen LogP contribution in [-0.4, -0.2) is 59.3 Å². The molecule has 10 nitrogen and oxygen atoms in total. The molecule has 4 aromatic heterocycles. The normalized spacial score (nSPS) is 15.3. The highest BCUT2D eigenvalue weighted by Gasteiger charge is 2.24. The van der Waals surface area contributed by atoms with Crippen molar-refractivity contribution in [2.45, 2.75) is 38.8 Å². The maximum Gasteiger partial charge on any atom is 0.179 e. The van der Waals surface area contributed by atoms with Gasteiger partial charge in [-0.15, -0.1) is 5.10 Å². The van der Waals surface area contributed by atoms with Gasteiger partial charge in [-0.05, 0) is 50.5 Å². The van der Waals surface area contributed by atoms with Crippen LogP contribution in [0.3, 0.4) is 0 Å². The molecule has 0 amide bonds. The first-order chi connectivity index (χ1) is 16.9. The molecule has 1 atom stereocenters. The van der Waals surface area contributed by atoms with E-state index in [1.807, 2.05) is 30.8 Å². The number of aliphatic hydroxyl groups is 1. The lowest BCUT2D eigenvalue weighted by atomic mass is 10.0. The van der Waals surface area contributed by atoms with Crippen LogP contribution in [0.1, 0.15) is 41.9 Å². The highest BCUT2D eigenvalue weighted by atomic mass is 19.1. The van der Waals surface area contributed by atoms with Crippen LogP contribution in [0.2, 0.25) is 0 Å². The SMILES string of the molecule is Cc1cnn2cc(-c3nnn(C4CCN(C#N)CC4)c3C)cc(OC[C@@H](O)c3ccc(F)cn3)c12. The largest absolute Gasteiger partial charge is 0.488 e. The molecule has 5 heterocycles. The second-order valence-corrected chi connectivity index (χ2v) is 8.73. The van der Waals surface area contributed by atoms with E-state index in [2.05, 4.69) is 26.6 Å². The van der Waals surface area contributed by atoms with Crippen molar-refractivity contribution < 1.29 is 14.2 Å². The van der Waals surface area contributed by atoms with Gasteiger partial charge in [0.2, 0.25) is 0 Å². The Kier molecular flexibility index (Phi) is 6.05. The predicted octanol–water partition coefficient (Wildman–Crippen LogP) is 2.97. The van der Waals surface area contributed by atoms with Gasteiger partial charge in [-0.3, -0.25) is 4.98 Å². The summed E-state index contributed by atoms with van der Waals surface area (Å²) in [6.07, 6.45) is 7.54. The van der Waals surface area contributed by atoms with Gasteiger partial charge in [0.1, 0.15) is 35.5 Å². The fraction of sp³-hybridized carbons (Fsp3) is 0.375. The van der Waals surface area contributed by atoms with Gasteiger partial charge < -0.3 is 14.7 Å². The minimum absolute atomic E-state index is 0.0640. The van der Waals surface area contributed by atoms with E-state index in [0.717, 1.165) is 41.4 Å². The van der Waals surface area contributed by atoms with Crippen LogP contribution in [0.25, 0.3) is 16.8 Å². The van der Waals surface area contributed by atoms with Crippen molar-refractivity contribution in [3.63, 3.8) is 0 Å². The lowest BCUT2D eigenvalue weighted by molar-refractivity contribution is 0.105. The van der Waals surface area contributed by atoms with Gasteiger partial charge in [-0.2, -0.15) is 10.4 Å². The standard InChI is InChI=1S/C24H25FN8O2/c1-15-10-28-32-12-17(23-16(2)33(30-29-23)19-5-7-31(14-26)8-6-19)9-22(24(15)32)35-13-21(34)20-4-3-18(25)11-27-20/h3-4,9-12,19,21,34H,5-8,13H2,1-2H3/t21-/m1/s1. The molecule has 0 saturated carbocycles. The first kappa shape index (κ1) is 22.7. The highest BCUT2D eigenvalue weighted by Crippen LogP contribution is 2.32. The van der Waals surface area contributed by atoms with Crippen LogP contribution < -0.4 is 4.74 Å². The van der Waals surface area contributed by atoms with Crippen LogP contribution in [0.4, 0.5) is 4.39 Å². The number of likely N-dealkylation sites (tertiary alicyclic amines) is 1. The molecular weight excluding hydrogens is 451 g/mol. The van der Waals surface area contributed by atoms with Crippen molar-refractivity contribution in [1.82, 2.24) is 34.5 Å². The first-order valence-electron chi connectivity index (χ1n) is 11.4. The lowest BCUT2D eigenvalue weighted by Crippen LogP contribution is -2.31. The molecule has 4 aromatic rings. The van der Waals surface area contributed by atoms with E-state index >= 15 is 0 Å². The van der Waals surface area contributed by atoms with Crippen molar-refractivity contribution in [3.8, 4) is 23.2 Å². The Balaban J connectivity index is 1.43. The van der Waals surface area contributed by atoms with E-state index in [9.17, 15) is 9.50 Å². The molecule has 180 valence electrons. The number of aromatic nitrogens is 6. The van der Waals surface area contributed by atoms with Gasteiger partial charge in [0, 0.05) is 24.8 Å². The maximum atomic E-state index is 13.2. The highest BCUT2D eigenvalue weighted by molar-refractivity contribution is 5.72. The second kappa shape index (κ2) is 9.31. The zero-order chi connectivity index (χ0) is 24.5. The third-order valence-corrected chi connectivity index (χ3v) is 6.40. The summed E-state index contributed by atoms with van der Waals surface area (Å²) in [7, 11) is 0. The molecule has 1 aliphatic heterocycles. The molecule has 1 fully saturated rings. The van der Waals surface area contributed by atoms with E-state index in [1.54, 1.807) is 15.6 Å². The molecule has 0 bridgehead atoms. The number of nitriles is 1. The van der Waals surface area contributed by atoms with Crippen molar-refractivity contribution in [2.24, 2.45) is 0 Å². The Morgan fingerprint density at radius 2 is 2.06 bits per heavy atom. The monoisotopic (exact) mass is 476 g/mol. The van der Waals surface area contributed by atoms with Gasteiger partial charge in [0.15, 0.2) is 6.19 Å². The van der Waals surface area contributed by atoms with Crippen LogP contribution in [-0.2, 0) is 0 Å². The number of halogens is 1. The smallest absolute Gasteiger partial charge is 0.179 e. The van der Waals surface area contributed by atoms with E-state index < -0.39 is 11.9 Å². The molecule has 1 saturated heterocycles. The van der Waals surface area contributed by atoms with Gasteiger partial charge in [0.05, 0.1) is 29.8 Å². The Morgan fingerprint density at radius 1 is 1.26 bits per heavy atom. The average Bonchev–Trinajstić information content (AvgIpc) is 3.45. The molecule has 0 aromatic carbocycles. The molecule has 1 N–H and O–H groups in total. The number of hydrogen-bond acceptors (Lipinski definition) is 8. The van der Waals surface area contributed by atoms with E-state index in [1.165, 1.54) is 12.1 Å². The van der Waals surface area contributed by atoms with Gasteiger partial charge in [0.25, 0.3) is 0 Å². The Labute approximate surface area is 201 Å². The number of ether oxygens (including phenoxy) is 1. The molecule has 0 aliphatic carbocycles.